The first-order valence-electron chi connectivity index (χ1n) is 7.58. The maximum Gasteiger partial charge on any atom is 0.125 e. The van der Waals surface area contributed by atoms with Crippen LogP contribution in [0.25, 0.3) is 11.0 Å². The van der Waals surface area contributed by atoms with E-state index in [9.17, 15) is 4.39 Å². The van der Waals surface area contributed by atoms with Gasteiger partial charge >= 0.3 is 0 Å². The van der Waals surface area contributed by atoms with E-state index in [-0.39, 0.29) is 11.9 Å². The molecular weight excluding hydrogens is 253 g/mol. The summed E-state index contributed by atoms with van der Waals surface area (Å²) < 4.78 is 13.3. The van der Waals surface area contributed by atoms with Gasteiger partial charge < -0.3 is 4.98 Å². The molecule has 1 aromatic heterocycles. The standard InChI is InChI=1S/C16H24FN3/c1-4-7-10-20(6-3)15(5-2)16-18-13-9-8-12(17)11-14(13)19-16/h8-9,11,15H,4-7,10H2,1-3H3,(H,18,19). The number of hydrogen-bond acceptors (Lipinski definition) is 2. The van der Waals surface area contributed by atoms with Gasteiger partial charge in [0.1, 0.15) is 11.6 Å². The minimum atomic E-state index is -0.223. The van der Waals surface area contributed by atoms with Crippen molar-refractivity contribution in [3.05, 3.63) is 29.8 Å². The topological polar surface area (TPSA) is 31.9 Å². The van der Waals surface area contributed by atoms with E-state index in [1.54, 1.807) is 6.07 Å². The van der Waals surface area contributed by atoms with Gasteiger partial charge in [0.05, 0.1) is 17.1 Å². The van der Waals surface area contributed by atoms with Crippen molar-refractivity contribution < 1.29 is 4.39 Å². The molecule has 1 heterocycles. The number of rotatable bonds is 7. The molecule has 0 aliphatic rings. The van der Waals surface area contributed by atoms with E-state index in [4.69, 9.17) is 0 Å². The molecule has 1 N–H and O–H groups in total. The Morgan fingerprint density at radius 3 is 2.75 bits per heavy atom. The van der Waals surface area contributed by atoms with Gasteiger partial charge in [0.15, 0.2) is 0 Å². The zero-order valence-electron chi connectivity index (χ0n) is 12.6. The van der Waals surface area contributed by atoms with Crippen molar-refractivity contribution in [3.63, 3.8) is 0 Å². The van der Waals surface area contributed by atoms with Crippen molar-refractivity contribution in [1.82, 2.24) is 14.9 Å². The minimum absolute atomic E-state index is 0.223. The van der Waals surface area contributed by atoms with Gasteiger partial charge in [0.2, 0.25) is 0 Å². The number of aromatic amines is 1. The van der Waals surface area contributed by atoms with Gasteiger partial charge in [-0.3, -0.25) is 4.90 Å². The molecule has 0 radical (unpaired) electrons. The Bertz CT molecular complexity index is 550. The Labute approximate surface area is 120 Å². The Kier molecular flexibility index (Phi) is 5.12. The Morgan fingerprint density at radius 2 is 2.10 bits per heavy atom. The summed E-state index contributed by atoms with van der Waals surface area (Å²) in [4.78, 5) is 10.4. The Hall–Kier alpha value is -1.42. The molecule has 2 rings (SSSR count). The fourth-order valence-corrected chi connectivity index (χ4v) is 2.68. The smallest absolute Gasteiger partial charge is 0.125 e. The number of benzene rings is 1. The van der Waals surface area contributed by atoms with Gasteiger partial charge in [0, 0.05) is 0 Å². The summed E-state index contributed by atoms with van der Waals surface area (Å²) >= 11 is 0. The maximum atomic E-state index is 13.3. The van der Waals surface area contributed by atoms with Gasteiger partial charge in [-0.15, -0.1) is 0 Å². The van der Waals surface area contributed by atoms with Crippen LogP contribution < -0.4 is 0 Å². The maximum absolute atomic E-state index is 13.3. The second kappa shape index (κ2) is 6.84. The van der Waals surface area contributed by atoms with Crippen molar-refractivity contribution in [1.29, 1.82) is 0 Å². The average Bonchev–Trinajstić information content (AvgIpc) is 2.85. The van der Waals surface area contributed by atoms with E-state index in [2.05, 4.69) is 35.6 Å². The SMILES string of the molecule is CCCCN(CC)C(CC)c1nc2ccc(F)cc2[nH]1. The van der Waals surface area contributed by atoms with E-state index in [0.29, 0.717) is 0 Å². The second-order valence-corrected chi connectivity index (χ2v) is 5.19. The quantitative estimate of drug-likeness (QED) is 0.819. The molecule has 0 spiro atoms. The van der Waals surface area contributed by atoms with Crippen LogP contribution in [0.15, 0.2) is 18.2 Å². The van der Waals surface area contributed by atoms with E-state index in [1.807, 2.05) is 0 Å². The lowest BCUT2D eigenvalue weighted by molar-refractivity contribution is 0.192. The highest BCUT2D eigenvalue weighted by molar-refractivity contribution is 5.75. The molecule has 2 aromatic rings. The molecule has 1 atom stereocenters. The summed E-state index contributed by atoms with van der Waals surface area (Å²) in [6.07, 6.45) is 3.39. The van der Waals surface area contributed by atoms with Gasteiger partial charge in [-0.2, -0.15) is 0 Å². The second-order valence-electron chi connectivity index (χ2n) is 5.19. The first-order valence-corrected chi connectivity index (χ1v) is 7.58. The monoisotopic (exact) mass is 277 g/mol. The first kappa shape index (κ1) is 15.0. The third-order valence-corrected chi connectivity index (χ3v) is 3.81. The van der Waals surface area contributed by atoms with Gasteiger partial charge in [0.25, 0.3) is 0 Å². The van der Waals surface area contributed by atoms with Crippen molar-refractivity contribution >= 4 is 11.0 Å². The molecule has 0 aliphatic carbocycles. The number of nitrogens with one attached hydrogen (secondary N) is 1. The zero-order valence-corrected chi connectivity index (χ0v) is 12.6. The minimum Gasteiger partial charge on any atom is -0.341 e. The largest absolute Gasteiger partial charge is 0.341 e. The normalized spacial score (nSPS) is 13.2. The third-order valence-electron chi connectivity index (χ3n) is 3.81. The molecule has 3 nitrogen and oxygen atoms in total. The summed E-state index contributed by atoms with van der Waals surface area (Å²) in [6.45, 7) is 8.65. The third kappa shape index (κ3) is 3.18. The number of fused-ring (bicyclic) bond motifs is 1. The molecule has 1 unspecified atom stereocenters. The lowest BCUT2D eigenvalue weighted by Gasteiger charge is -2.28. The number of aromatic nitrogens is 2. The van der Waals surface area contributed by atoms with Gasteiger partial charge in [-0.1, -0.05) is 27.2 Å². The number of nitrogens with zero attached hydrogens (tertiary/aromatic N) is 2. The first-order chi connectivity index (χ1) is 9.69. The van der Waals surface area contributed by atoms with Crippen LogP contribution >= 0.6 is 0 Å². The van der Waals surface area contributed by atoms with Gasteiger partial charge in [-0.25, -0.2) is 9.37 Å². The van der Waals surface area contributed by atoms with E-state index in [1.165, 1.54) is 25.0 Å². The molecule has 0 saturated carbocycles. The van der Waals surface area contributed by atoms with Crippen molar-refractivity contribution in [3.8, 4) is 0 Å². The van der Waals surface area contributed by atoms with Crippen molar-refractivity contribution in [2.45, 2.75) is 46.1 Å². The van der Waals surface area contributed by atoms with E-state index in [0.717, 1.165) is 36.4 Å². The van der Waals surface area contributed by atoms with Crippen LogP contribution in [0.5, 0.6) is 0 Å². The molecular formula is C16H24FN3. The lowest BCUT2D eigenvalue weighted by Crippen LogP contribution is -2.30. The lowest BCUT2D eigenvalue weighted by atomic mass is 10.1. The molecule has 0 bridgehead atoms. The molecule has 110 valence electrons. The predicted molar refractivity (Wildman–Crippen MR) is 81.2 cm³/mol. The van der Waals surface area contributed by atoms with Crippen LogP contribution in [-0.2, 0) is 0 Å². The number of unbranched alkanes of at least 4 members (excludes halogenated alkanes) is 1. The summed E-state index contributed by atoms with van der Waals surface area (Å²) in [7, 11) is 0. The zero-order chi connectivity index (χ0) is 14.5. The fourth-order valence-electron chi connectivity index (χ4n) is 2.68. The van der Waals surface area contributed by atoms with Crippen LogP contribution in [0.3, 0.4) is 0 Å². The molecule has 20 heavy (non-hydrogen) atoms. The van der Waals surface area contributed by atoms with Crippen molar-refractivity contribution in [2.24, 2.45) is 0 Å². The fraction of sp³-hybridized carbons (Fsp3) is 0.562. The average molecular weight is 277 g/mol. The van der Waals surface area contributed by atoms with Crippen LogP contribution in [-0.4, -0.2) is 28.0 Å². The van der Waals surface area contributed by atoms with E-state index < -0.39 is 0 Å². The number of imidazole rings is 1. The molecule has 4 heteroatoms. The number of hydrogen-bond donors (Lipinski definition) is 1. The van der Waals surface area contributed by atoms with Crippen LogP contribution in [0.2, 0.25) is 0 Å². The summed E-state index contributed by atoms with van der Waals surface area (Å²) in [6, 6.07) is 4.99. The predicted octanol–water partition coefficient (Wildman–Crippen LogP) is 4.28. The summed E-state index contributed by atoms with van der Waals surface area (Å²) in [5.41, 5.74) is 1.62. The van der Waals surface area contributed by atoms with Crippen molar-refractivity contribution in [2.75, 3.05) is 13.1 Å². The summed E-state index contributed by atoms with van der Waals surface area (Å²) in [5, 5.41) is 0. The van der Waals surface area contributed by atoms with E-state index >= 15 is 0 Å². The highest BCUT2D eigenvalue weighted by Crippen LogP contribution is 2.24. The van der Waals surface area contributed by atoms with Crippen LogP contribution in [0.1, 0.15) is 51.9 Å². The summed E-state index contributed by atoms with van der Waals surface area (Å²) in [5.74, 6) is 0.727. The van der Waals surface area contributed by atoms with Crippen LogP contribution in [0, 0.1) is 5.82 Å². The molecule has 0 saturated heterocycles. The molecule has 0 aliphatic heterocycles. The highest BCUT2D eigenvalue weighted by Gasteiger charge is 2.20. The molecule has 0 amide bonds. The van der Waals surface area contributed by atoms with Crippen LogP contribution in [0.4, 0.5) is 4.39 Å². The number of H-pyrrole nitrogens is 1. The number of halogens is 1. The highest BCUT2D eigenvalue weighted by atomic mass is 19.1. The molecule has 1 aromatic carbocycles. The Morgan fingerprint density at radius 1 is 1.30 bits per heavy atom. The molecule has 0 fully saturated rings. The van der Waals surface area contributed by atoms with Gasteiger partial charge in [-0.05, 0) is 44.1 Å². The Balaban J connectivity index is 2.27.